The molecule has 1 fully saturated rings. The van der Waals surface area contributed by atoms with Gasteiger partial charge in [0.1, 0.15) is 0 Å². The molecule has 2 N–H and O–H groups in total. The molecule has 0 aliphatic carbocycles. The lowest BCUT2D eigenvalue weighted by Gasteiger charge is -2.18. The van der Waals surface area contributed by atoms with E-state index in [1.165, 1.54) is 12.8 Å². The molecule has 70 valence electrons. The fourth-order valence-electron chi connectivity index (χ4n) is 1.58. The summed E-state index contributed by atoms with van der Waals surface area (Å²) in [6.07, 6.45) is 2.38. The first-order valence-electron chi connectivity index (χ1n) is 4.32. The molecule has 4 nitrogen and oxygen atoms in total. The molecule has 1 saturated heterocycles. The number of rotatable bonds is 4. The molecule has 0 unspecified atom stereocenters. The van der Waals surface area contributed by atoms with Gasteiger partial charge >= 0.3 is 5.97 Å². The summed E-state index contributed by atoms with van der Waals surface area (Å²) in [4.78, 5) is 12.2. The quantitative estimate of drug-likeness (QED) is 0.614. The number of hydrogen-bond donors (Lipinski definition) is 2. The molecule has 1 heterocycles. The maximum Gasteiger partial charge on any atom is 0.317 e. The van der Waals surface area contributed by atoms with Gasteiger partial charge in [-0.3, -0.25) is 9.69 Å². The molecule has 0 aromatic rings. The first-order valence-corrected chi connectivity index (χ1v) is 4.32. The van der Waals surface area contributed by atoms with Crippen molar-refractivity contribution in [3.63, 3.8) is 0 Å². The van der Waals surface area contributed by atoms with E-state index in [9.17, 15) is 4.79 Å². The fraction of sp³-hybridized carbons (Fsp3) is 0.875. The van der Waals surface area contributed by atoms with Crippen LogP contribution in [-0.2, 0) is 4.79 Å². The number of nitrogens with one attached hydrogen (secondary N) is 1. The molecule has 0 spiro atoms. The predicted octanol–water partition coefficient (Wildman–Crippen LogP) is -0.245. The second-order valence-electron chi connectivity index (χ2n) is 3.38. The van der Waals surface area contributed by atoms with Gasteiger partial charge < -0.3 is 10.4 Å². The van der Waals surface area contributed by atoms with Gasteiger partial charge in [0.15, 0.2) is 0 Å². The average Bonchev–Trinajstić information content (AvgIpc) is 2.37. The van der Waals surface area contributed by atoms with Crippen LogP contribution in [0.4, 0.5) is 0 Å². The average molecular weight is 172 g/mol. The topological polar surface area (TPSA) is 52.6 Å². The molecule has 4 heteroatoms. The van der Waals surface area contributed by atoms with Crippen molar-refractivity contribution in [3.8, 4) is 0 Å². The van der Waals surface area contributed by atoms with Gasteiger partial charge in [-0.15, -0.1) is 0 Å². The smallest absolute Gasteiger partial charge is 0.317 e. The van der Waals surface area contributed by atoms with Crippen LogP contribution in [-0.4, -0.2) is 48.7 Å². The Balaban J connectivity index is 2.16. The zero-order valence-corrected chi connectivity index (χ0v) is 7.42. The summed E-state index contributed by atoms with van der Waals surface area (Å²) in [6, 6.07) is 0.495. The van der Waals surface area contributed by atoms with Crippen LogP contribution in [0.25, 0.3) is 0 Å². The van der Waals surface area contributed by atoms with Crippen LogP contribution in [0.3, 0.4) is 0 Å². The Morgan fingerprint density at radius 2 is 2.50 bits per heavy atom. The molecule has 1 aliphatic heterocycles. The Bertz CT molecular complexity index is 155. The Morgan fingerprint density at radius 1 is 1.75 bits per heavy atom. The number of carboxylic acid groups (broad SMARTS) is 1. The van der Waals surface area contributed by atoms with Crippen LogP contribution in [0, 0.1) is 0 Å². The lowest BCUT2D eigenvalue weighted by Crippen LogP contribution is -2.37. The summed E-state index contributed by atoms with van der Waals surface area (Å²) in [6.45, 7) is 2.05. The minimum absolute atomic E-state index is 0.137. The van der Waals surface area contributed by atoms with Gasteiger partial charge in [-0.05, 0) is 26.4 Å². The third-order valence-corrected chi connectivity index (χ3v) is 2.10. The van der Waals surface area contributed by atoms with Gasteiger partial charge in [-0.25, -0.2) is 0 Å². The van der Waals surface area contributed by atoms with E-state index in [1.54, 1.807) is 0 Å². The van der Waals surface area contributed by atoms with Crippen molar-refractivity contribution in [2.75, 3.05) is 26.7 Å². The summed E-state index contributed by atoms with van der Waals surface area (Å²) in [5.74, 6) is -0.754. The molecular weight excluding hydrogens is 156 g/mol. The lowest BCUT2D eigenvalue weighted by molar-refractivity contribution is -0.138. The van der Waals surface area contributed by atoms with Crippen molar-refractivity contribution in [2.45, 2.75) is 18.9 Å². The van der Waals surface area contributed by atoms with Gasteiger partial charge in [0.05, 0.1) is 6.54 Å². The van der Waals surface area contributed by atoms with Crippen LogP contribution in [0.2, 0.25) is 0 Å². The highest BCUT2D eigenvalue weighted by Crippen LogP contribution is 2.05. The second kappa shape index (κ2) is 4.42. The van der Waals surface area contributed by atoms with Gasteiger partial charge in [-0.1, -0.05) is 0 Å². The zero-order valence-electron chi connectivity index (χ0n) is 7.42. The third kappa shape index (κ3) is 3.19. The van der Waals surface area contributed by atoms with Gasteiger partial charge in [-0.2, -0.15) is 0 Å². The van der Waals surface area contributed by atoms with E-state index in [1.807, 2.05) is 11.9 Å². The standard InChI is InChI=1S/C8H16N2O2/c1-10(6-8(11)12)5-7-3-2-4-9-7/h7,9H,2-6H2,1H3,(H,11,12)/t7-/m0/s1. The van der Waals surface area contributed by atoms with Crippen LogP contribution < -0.4 is 5.32 Å². The zero-order chi connectivity index (χ0) is 8.97. The molecule has 0 saturated carbocycles. The minimum Gasteiger partial charge on any atom is -0.480 e. The van der Waals surface area contributed by atoms with Crippen molar-refractivity contribution in [3.05, 3.63) is 0 Å². The number of aliphatic carboxylic acids is 1. The fourth-order valence-corrected chi connectivity index (χ4v) is 1.58. The molecule has 1 aliphatic rings. The summed E-state index contributed by atoms with van der Waals surface area (Å²) in [7, 11) is 1.84. The summed E-state index contributed by atoms with van der Waals surface area (Å²) in [5, 5.41) is 11.8. The van der Waals surface area contributed by atoms with E-state index in [4.69, 9.17) is 5.11 Å². The van der Waals surface area contributed by atoms with E-state index in [2.05, 4.69) is 5.32 Å². The molecular formula is C8H16N2O2. The molecule has 12 heavy (non-hydrogen) atoms. The number of nitrogens with zero attached hydrogens (tertiary/aromatic N) is 1. The largest absolute Gasteiger partial charge is 0.480 e. The summed E-state index contributed by atoms with van der Waals surface area (Å²) in [5.41, 5.74) is 0. The molecule has 1 rings (SSSR count). The lowest BCUT2D eigenvalue weighted by atomic mass is 10.2. The number of carboxylic acids is 1. The van der Waals surface area contributed by atoms with Crippen molar-refractivity contribution in [1.29, 1.82) is 0 Å². The highest BCUT2D eigenvalue weighted by Gasteiger charge is 2.16. The molecule has 0 aromatic carbocycles. The van der Waals surface area contributed by atoms with Crippen LogP contribution in [0.1, 0.15) is 12.8 Å². The number of hydrogen-bond acceptors (Lipinski definition) is 3. The maximum atomic E-state index is 10.3. The molecule has 0 aromatic heterocycles. The first kappa shape index (κ1) is 9.48. The van der Waals surface area contributed by atoms with Gasteiger partial charge in [0, 0.05) is 12.6 Å². The van der Waals surface area contributed by atoms with Crippen LogP contribution >= 0.6 is 0 Å². The normalized spacial score (nSPS) is 23.3. The van der Waals surface area contributed by atoms with E-state index in [0.29, 0.717) is 6.04 Å². The monoisotopic (exact) mass is 172 g/mol. The predicted molar refractivity (Wildman–Crippen MR) is 46.2 cm³/mol. The highest BCUT2D eigenvalue weighted by atomic mass is 16.4. The Hall–Kier alpha value is -0.610. The van der Waals surface area contributed by atoms with Crippen LogP contribution in [0.15, 0.2) is 0 Å². The van der Waals surface area contributed by atoms with Crippen LogP contribution in [0.5, 0.6) is 0 Å². The second-order valence-corrected chi connectivity index (χ2v) is 3.38. The highest BCUT2D eigenvalue weighted by molar-refractivity contribution is 5.68. The molecule has 0 bridgehead atoms. The molecule has 0 amide bonds. The minimum atomic E-state index is -0.754. The van der Waals surface area contributed by atoms with Crippen molar-refractivity contribution >= 4 is 5.97 Å². The van der Waals surface area contributed by atoms with Crippen molar-refractivity contribution < 1.29 is 9.90 Å². The SMILES string of the molecule is CN(CC(=O)O)C[C@@H]1CCCN1. The van der Waals surface area contributed by atoms with Crippen molar-refractivity contribution in [1.82, 2.24) is 10.2 Å². The Kier molecular flexibility index (Phi) is 3.49. The Labute approximate surface area is 72.6 Å². The van der Waals surface area contributed by atoms with Crippen molar-refractivity contribution in [2.24, 2.45) is 0 Å². The van der Waals surface area contributed by atoms with Gasteiger partial charge in [0.2, 0.25) is 0 Å². The molecule has 0 radical (unpaired) electrons. The molecule has 1 atom stereocenters. The summed E-state index contributed by atoms with van der Waals surface area (Å²) < 4.78 is 0. The third-order valence-electron chi connectivity index (χ3n) is 2.10. The van der Waals surface area contributed by atoms with E-state index >= 15 is 0 Å². The Morgan fingerprint density at radius 3 is 3.00 bits per heavy atom. The summed E-state index contributed by atoms with van der Waals surface area (Å²) >= 11 is 0. The van der Waals surface area contributed by atoms with Gasteiger partial charge in [0.25, 0.3) is 0 Å². The number of likely N-dealkylation sites (N-methyl/N-ethyl adjacent to an activating group) is 1. The van der Waals surface area contributed by atoms with E-state index in [-0.39, 0.29) is 6.54 Å². The van der Waals surface area contributed by atoms with E-state index in [0.717, 1.165) is 13.1 Å². The maximum absolute atomic E-state index is 10.3. The first-order chi connectivity index (χ1) is 5.68. The van der Waals surface area contributed by atoms with E-state index < -0.39 is 5.97 Å². The number of carbonyl (C=O) groups is 1.